The van der Waals surface area contributed by atoms with E-state index in [1.54, 1.807) is 18.5 Å². The Morgan fingerprint density at radius 2 is 2.16 bits per heavy atom. The normalized spacial score (nSPS) is 11.9. The van der Waals surface area contributed by atoms with Gasteiger partial charge in [0.1, 0.15) is 5.65 Å². The third-order valence-electron chi connectivity index (χ3n) is 2.46. The first-order valence-corrected chi connectivity index (χ1v) is 8.10. The maximum atomic E-state index is 11.8. The highest BCUT2D eigenvalue weighted by Crippen LogP contribution is 2.13. The highest BCUT2D eigenvalue weighted by atomic mass is 32.2. The maximum absolute atomic E-state index is 11.8. The minimum atomic E-state index is -4.13. The Morgan fingerprint density at radius 1 is 1.42 bits per heavy atom. The van der Waals surface area contributed by atoms with Crippen molar-refractivity contribution in [2.45, 2.75) is 11.7 Å². The molecule has 2 heterocycles. The molecule has 0 aliphatic carbocycles. The fourth-order valence-electron chi connectivity index (χ4n) is 1.58. The fraction of sp³-hybridized carbons (Fsp3) is 0.300. The van der Waals surface area contributed by atoms with E-state index in [-0.39, 0.29) is 12.1 Å². The summed E-state index contributed by atoms with van der Waals surface area (Å²) in [6.07, 6.45) is 3.36. The maximum Gasteiger partial charge on any atom is 0.266 e. The summed E-state index contributed by atoms with van der Waals surface area (Å²) in [5.74, 6) is -0.537. The largest absolute Gasteiger partial charge is 0.291 e. The highest BCUT2D eigenvalue weighted by molar-refractivity contribution is 7.98. The Bertz CT molecular complexity index is 770. The molecule has 0 aliphatic rings. The molecule has 0 fully saturated rings. The number of nitrogens with zero attached hydrogens (tertiary/aromatic N) is 3. The summed E-state index contributed by atoms with van der Waals surface area (Å²) in [5.41, 5.74) is -0.0163. The lowest BCUT2D eigenvalue weighted by Crippen LogP contribution is -2.24. The van der Waals surface area contributed by atoms with Gasteiger partial charge in [0.15, 0.2) is 5.16 Å². The Kier molecular flexibility index (Phi) is 3.88. The Labute approximate surface area is 113 Å². The minimum Gasteiger partial charge on any atom is -0.291 e. The van der Waals surface area contributed by atoms with Crippen LogP contribution in [0.3, 0.4) is 0 Å². The van der Waals surface area contributed by atoms with E-state index in [4.69, 9.17) is 4.55 Å². The lowest BCUT2D eigenvalue weighted by molar-refractivity contribution is 0.478. The first-order chi connectivity index (χ1) is 8.90. The third kappa shape index (κ3) is 3.31. The number of fused-ring (bicyclic) bond motifs is 1. The van der Waals surface area contributed by atoms with Crippen LogP contribution in [0.2, 0.25) is 0 Å². The number of rotatable bonds is 4. The number of hydrogen-bond acceptors (Lipinski definition) is 6. The summed E-state index contributed by atoms with van der Waals surface area (Å²) in [6, 6.07) is 2.89. The van der Waals surface area contributed by atoms with Gasteiger partial charge in [-0.1, -0.05) is 11.8 Å². The Balaban J connectivity index is 2.56. The zero-order valence-electron chi connectivity index (χ0n) is 9.98. The molecular weight excluding hydrogens is 290 g/mol. The predicted octanol–water partition coefficient (Wildman–Crippen LogP) is 0.401. The van der Waals surface area contributed by atoms with Crippen molar-refractivity contribution in [1.29, 1.82) is 0 Å². The van der Waals surface area contributed by atoms with Gasteiger partial charge in [0.05, 0.1) is 5.75 Å². The zero-order valence-corrected chi connectivity index (χ0v) is 11.6. The van der Waals surface area contributed by atoms with E-state index < -0.39 is 15.9 Å². The molecule has 0 aliphatic heterocycles. The lowest BCUT2D eigenvalue weighted by atomic mass is 10.3. The van der Waals surface area contributed by atoms with Crippen LogP contribution in [0.15, 0.2) is 28.3 Å². The summed E-state index contributed by atoms with van der Waals surface area (Å²) in [4.78, 5) is 20.0. The van der Waals surface area contributed by atoms with Crippen LogP contribution in [0.1, 0.15) is 0 Å². The molecule has 2 rings (SSSR count). The minimum absolute atomic E-state index is 0.153. The van der Waals surface area contributed by atoms with Gasteiger partial charge >= 0.3 is 0 Å². The van der Waals surface area contributed by atoms with Gasteiger partial charge in [-0.25, -0.2) is 9.97 Å². The molecule has 7 nitrogen and oxygen atoms in total. The summed E-state index contributed by atoms with van der Waals surface area (Å²) >= 11 is 1.32. The van der Waals surface area contributed by atoms with Crippen LogP contribution in [0.5, 0.6) is 0 Å². The number of thioether (sulfide) groups is 1. The summed E-state index contributed by atoms with van der Waals surface area (Å²) in [6.45, 7) is -0.153. The topological polar surface area (TPSA) is 102 Å². The average molecular weight is 301 g/mol. The Morgan fingerprint density at radius 3 is 2.79 bits per heavy atom. The molecule has 0 unspecified atom stereocenters. The molecule has 1 N–H and O–H groups in total. The number of aryl methyl sites for hydroxylation is 1. The lowest BCUT2D eigenvalue weighted by Gasteiger charge is -2.08. The second-order valence-corrected chi connectivity index (χ2v) is 6.09. The van der Waals surface area contributed by atoms with E-state index >= 15 is 0 Å². The first-order valence-electron chi connectivity index (χ1n) is 5.26. The summed E-state index contributed by atoms with van der Waals surface area (Å²) in [7, 11) is -4.13. The highest BCUT2D eigenvalue weighted by Gasteiger charge is 2.10. The Hall–Kier alpha value is -1.45. The van der Waals surface area contributed by atoms with Crippen LogP contribution in [0, 0.1) is 0 Å². The van der Waals surface area contributed by atoms with Crippen molar-refractivity contribution in [2.24, 2.45) is 0 Å². The van der Waals surface area contributed by atoms with Gasteiger partial charge in [0.2, 0.25) is 0 Å². The van der Waals surface area contributed by atoms with E-state index in [1.807, 2.05) is 0 Å². The van der Waals surface area contributed by atoms with Gasteiger partial charge in [0, 0.05) is 24.2 Å². The van der Waals surface area contributed by atoms with E-state index in [1.165, 1.54) is 22.4 Å². The number of pyridine rings is 1. The van der Waals surface area contributed by atoms with Crippen molar-refractivity contribution in [3.8, 4) is 0 Å². The number of hydrogen-bond donors (Lipinski definition) is 1. The van der Waals surface area contributed by atoms with Crippen LogP contribution in [0.4, 0.5) is 0 Å². The molecule has 102 valence electrons. The summed E-state index contributed by atoms with van der Waals surface area (Å²) in [5, 5.41) is 1.12. The smallest absolute Gasteiger partial charge is 0.266 e. The molecule has 19 heavy (non-hydrogen) atoms. The molecule has 0 aromatic carbocycles. The third-order valence-corrected chi connectivity index (χ3v) is 3.72. The van der Waals surface area contributed by atoms with E-state index in [0.29, 0.717) is 16.2 Å². The van der Waals surface area contributed by atoms with Crippen LogP contribution < -0.4 is 5.56 Å². The van der Waals surface area contributed by atoms with Crippen molar-refractivity contribution in [2.75, 3.05) is 12.0 Å². The summed E-state index contributed by atoms with van der Waals surface area (Å²) < 4.78 is 31.5. The van der Waals surface area contributed by atoms with Crippen LogP contribution in [0.25, 0.3) is 11.0 Å². The molecule has 0 saturated carbocycles. The van der Waals surface area contributed by atoms with Gasteiger partial charge in [-0.2, -0.15) is 8.42 Å². The van der Waals surface area contributed by atoms with Crippen molar-refractivity contribution in [3.63, 3.8) is 0 Å². The van der Waals surface area contributed by atoms with Crippen molar-refractivity contribution in [3.05, 3.63) is 28.7 Å². The molecule has 2 aromatic heterocycles. The molecule has 0 spiro atoms. The van der Waals surface area contributed by atoms with Crippen molar-refractivity contribution < 1.29 is 13.0 Å². The van der Waals surface area contributed by atoms with Crippen molar-refractivity contribution in [1.82, 2.24) is 14.5 Å². The molecule has 0 atom stereocenters. The van der Waals surface area contributed by atoms with Gasteiger partial charge in [-0.15, -0.1) is 0 Å². The van der Waals surface area contributed by atoms with Crippen LogP contribution in [-0.4, -0.2) is 39.5 Å². The molecule has 9 heteroatoms. The molecule has 0 radical (unpaired) electrons. The molecule has 0 saturated heterocycles. The quantitative estimate of drug-likeness (QED) is 0.495. The second-order valence-electron chi connectivity index (χ2n) is 3.74. The number of aromatic nitrogens is 3. The molecule has 0 amide bonds. The molecule has 2 aromatic rings. The van der Waals surface area contributed by atoms with Gasteiger partial charge < -0.3 is 0 Å². The standard InChI is InChI=1S/C10H11N3O4S2/c1-18-10-11-6-7-2-3-8(14)13(9(7)12-10)4-5-19(15,16)17/h2-3,6H,4-5H2,1H3,(H,15,16,17). The van der Waals surface area contributed by atoms with Gasteiger partial charge in [0.25, 0.3) is 15.7 Å². The van der Waals surface area contributed by atoms with Gasteiger partial charge in [-0.3, -0.25) is 13.9 Å². The second kappa shape index (κ2) is 5.27. The monoisotopic (exact) mass is 301 g/mol. The van der Waals surface area contributed by atoms with Gasteiger partial charge in [-0.05, 0) is 12.3 Å². The molecular formula is C10H11N3O4S2. The fourth-order valence-corrected chi connectivity index (χ4v) is 2.33. The van der Waals surface area contributed by atoms with E-state index in [9.17, 15) is 13.2 Å². The van der Waals surface area contributed by atoms with Crippen LogP contribution >= 0.6 is 11.8 Å². The van der Waals surface area contributed by atoms with Crippen LogP contribution in [-0.2, 0) is 16.7 Å². The molecule has 0 bridgehead atoms. The average Bonchev–Trinajstić information content (AvgIpc) is 2.35. The van der Waals surface area contributed by atoms with Crippen molar-refractivity contribution >= 4 is 32.9 Å². The van der Waals surface area contributed by atoms with E-state index in [0.717, 1.165) is 0 Å². The predicted molar refractivity (Wildman–Crippen MR) is 72.0 cm³/mol. The van der Waals surface area contributed by atoms with E-state index in [2.05, 4.69) is 9.97 Å². The SMILES string of the molecule is CSc1ncc2ccc(=O)n(CCS(=O)(=O)O)c2n1. The first kappa shape index (κ1) is 14.0. The zero-order chi connectivity index (χ0) is 14.0.